The third-order valence-electron chi connectivity index (χ3n) is 8.65. The molecule has 52 heavy (non-hydrogen) atoms. The van der Waals surface area contributed by atoms with Gasteiger partial charge in [0, 0.05) is 84.2 Å². The van der Waals surface area contributed by atoms with Gasteiger partial charge in [-0.05, 0) is 36.2 Å². The molecule has 0 bridgehead atoms. The van der Waals surface area contributed by atoms with E-state index in [2.05, 4.69) is 119 Å². The number of nitrogens with one attached hydrogen (secondary N) is 1. The van der Waals surface area contributed by atoms with E-state index >= 15 is 0 Å². The summed E-state index contributed by atoms with van der Waals surface area (Å²) in [7, 11) is 3.48. The number of hydrogen-bond acceptors (Lipinski definition) is 9. The molecule has 3 aromatic rings. The fourth-order valence-electron chi connectivity index (χ4n) is 5.82. The molecule has 10 heteroatoms. The lowest BCUT2D eigenvalue weighted by Crippen LogP contribution is -2.43. The maximum absolute atomic E-state index is 11.8. The highest BCUT2D eigenvalue weighted by atomic mass is 16.7. The molecule has 290 valence electrons. The highest BCUT2D eigenvalue weighted by molar-refractivity contribution is 5.75. The van der Waals surface area contributed by atoms with Crippen molar-refractivity contribution >= 4 is 11.6 Å². The summed E-state index contributed by atoms with van der Waals surface area (Å²) in [4.78, 5) is 30.4. The second kappa shape index (κ2) is 29.1. The highest BCUT2D eigenvalue weighted by Crippen LogP contribution is 2.13. The lowest BCUT2D eigenvalue weighted by Gasteiger charge is -2.31. The first-order chi connectivity index (χ1) is 25.4. The van der Waals surface area contributed by atoms with Gasteiger partial charge in [0.1, 0.15) is 0 Å². The molecule has 0 atom stereocenters. The maximum atomic E-state index is 11.8. The maximum Gasteiger partial charge on any atom is 0.231 e. The second-order valence-corrected chi connectivity index (χ2v) is 13.1. The summed E-state index contributed by atoms with van der Waals surface area (Å²) in [6.07, 6.45) is 4.99. The molecule has 10 nitrogen and oxygen atoms in total. The van der Waals surface area contributed by atoms with Gasteiger partial charge < -0.3 is 25.6 Å². The largest absolute Gasteiger partial charge is 0.369 e. The number of nitrogens with zero attached hydrogens (tertiary/aromatic N) is 5. The predicted molar refractivity (Wildman–Crippen MR) is 217 cm³/mol. The van der Waals surface area contributed by atoms with Crippen LogP contribution in [0.15, 0.2) is 91.0 Å². The Balaban J connectivity index is 0.00000301. The van der Waals surface area contributed by atoms with Crippen LogP contribution >= 0.6 is 0 Å². The second-order valence-electron chi connectivity index (χ2n) is 13.1. The van der Waals surface area contributed by atoms with E-state index < -0.39 is 0 Å². The summed E-state index contributed by atoms with van der Waals surface area (Å²) in [5, 5.41) is 7.66. The quantitative estimate of drug-likeness (QED) is 0.0703. The fraction of sp³-hybridized carbons (Fsp3) is 0.548. The van der Waals surface area contributed by atoms with Crippen LogP contribution in [0.5, 0.6) is 0 Å². The molecule has 0 aliphatic rings. The van der Waals surface area contributed by atoms with Crippen LogP contribution in [0.2, 0.25) is 0 Å². The minimum Gasteiger partial charge on any atom is -0.369 e. The number of carbonyl (C=O) groups is 1. The molecule has 0 unspecified atom stereocenters. The van der Waals surface area contributed by atoms with Crippen molar-refractivity contribution < 1.29 is 14.5 Å². The van der Waals surface area contributed by atoms with Crippen LogP contribution in [0.1, 0.15) is 57.6 Å². The van der Waals surface area contributed by atoms with E-state index in [1.807, 2.05) is 23.3 Å². The number of amides is 1. The van der Waals surface area contributed by atoms with Crippen molar-refractivity contribution in [3.8, 4) is 0 Å². The van der Waals surface area contributed by atoms with Crippen LogP contribution in [-0.4, -0.2) is 119 Å². The number of benzene rings is 3. The lowest BCUT2D eigenvalue weighted by molar-refractivity contribution is -0.143. The Morgan fingerprint density at radius 1 is 0.596 bits per heavy atom. The van der Waals surface area contributed by atoms with Gasteiger partial charge in [-0.2, -0.15) is 10.1 Å². The molecule has 0 aromatic heterocycles. The summed E-state index contributed by atoms with van der Waals surface area (Å²) >= 11 is 0. The van der Waals surface area contributed by atoms with Gasteiger partial charge in [-0.1, -0.05) is 119 Å². The van der Waals surface area contributed by atoms with Crippen LogP contribution in [-0.2, 0) is 27.6 Å². The number of primary amides is 1. The van der Waals surface area contributed by atoms with Gasteiger partial charge in [-0.25, -0.2) is 0 Å². The van der Waals surface area contributed by atoms with Crippen molar-refractivity contribution in [3.63, 3.8) is 0 Å². The first kappa shape index (κ1) is 44.8. The number of para-hydroxylation sites is 1. The van der Waals surface area contributed by atoms with Crippen LogP contribution in [0.4, 0.5) is 5.69 Å². The number of hydroxylamine groups is 4. The van der Waals surface area contributed by atoms with E-state index in [0.717, 1.165) is 71.0 Å². The van der Waals surface area contributed by atoms with Crippen LogP contribution in [0.3, 0.4) is 0 Å². The van der Waals surface area contributed by atoms with E-state index in [0.29, 0.717) is 19.6 Å². The Labute approximate surface area is 315 Å². The van der Waals surface area contributed by atoms with E-state index in [1.54, 1.807) is 14.2 Å². The number of unbranched alkanes of at least 4 members (excludes halogenated alkanes) is 2. The number of nitrogens with two attached hydrogens (primary N) is 1. The topological polar surface area (TPSA) is 89.8 Å². The third-order valence-corrected chi connectivity index (χ3v) is 8.65. The van der Waals surface area contributed by atoms with Crippen LogP contribution in [0.25, 0.3) is 0 Å². The minimum atomic E-state index is -0.331. The van der Waals surface area contributed by atoms with Crippen molar-refractivity contribution in [2.45, 2.75) is 59.5 Å². The van der Waals surface area contributed by atoms with Crippen molar-refractivity contribution in [2.24, 2.45) is 5.73 Å². The monoisotopic (exact) mass is 720 g/mol. The zero-order chi connectivity index (χ0) is 37.7. The Hall–Kier alpha value is -3.35. The van der Waals surface area contributed by atoms with Gasteiger partial charge in [0.15, 0.2) is 0 Å². The fourth-order valence-corrected chi connectivity index (χ4v) is 5.82. The number of anilines is 1. The Kier molecular flexibility index (Phi) is 25.1. The Morgan fingerprint density at radius 3 is 1.54 bits per heavy atom. The summed E-state index contributed by atoms with van der Waals surface area (Å²) in [6.45, 7) is 17.3. The standard InChI is InChI=1S/C39H61N7O3.C3H8/c1-4-5-15-22-41-23-24-44(38-20-13-8-14-21-38)28-32-46(49-3)30-26-42(33-36-16-9-6-10-17-36)25-29-45(48-2)31-27-43(35-39(40)47)34-37-18-11-7-12-19-37;1-3-2/h6-14,16-21,41H,4-5,15,22-35H2,1-3H3,(H2,40,47);3H2,1-2H3. The zero-order valence-electron chi connectivity index (χ0n) is 32.9. The van der Waals surface area contributed by atoms with Crippen molar-refractivity contribution in [1.29, 1.82) is 0 Å². The Bertz CT molecular complexity index is 1260. The average Bonchev–Trinajstić information content (AvgIpc) is 3.16. The first-order valence-electron chi connectivity index (χ1n) is 19.3. The molecule has 3 aromatic carbocycles. The lowest BCUT2D eigenvalue weighted by atomic mass is 10.2. The van der Waals surface area contributed by atoms with E-state index in [1.165, 1.54) is 36.9 Å². The van der Waals surface area contributed by atoms with Gasteiger partial charge >= 0.3 is 0 Å². The van der Waals surface area contributed by atoms with E-state index in [4.69, 9.17) is 15.4 Å². The molecular formula is C42H69N7O3. The normalized spacial score (nSPS) is 11.3. The summed E-state index contributed by atoms with van der Waals surface area (Å²) in [6, 6.07) is 31.4. The molecule has 0 spiro atoms. The van der Waals surface area contributed by atoms with Gasteiger partial charge in [0.2, 0.25) is 5.91 Å². The average molecular weight is 720 g/mol. The van der Waals surface area contributed by atoms with Crippen LogP contribution < -0.4 is 16.0 Å². The number of carbonyl (C=O) groups excluding carboxylic acids is 1. The van der Waals surface area contributed by atoms with Gasteiger partial charge in [-0.3, -0.25) is 14.6 Å². The smallest absolute Gasteiger partial charge is 0.231 e. The van der Waals surface area contributed by atoms with Crippen molar-refractivity contribution in [2.75, 3.05) is 97.7 Å². The van der Waals surface area contributed by atoms with E-state index in [9.17, 15) is 4.79 Å². The number of hydrogen-bond donors (Lipinski definition) is 2. The molecule has 3 N–H and O–H groups in total. The molecule has 0 aliphatic heterocycles. The summed E-state index contributed by atoms with van der Waals surface area (Å²) in [5.74, 6) is -0.331. The van der Waals surface area contributed by atoms with E-state index in [-0.39, 0.29) is 12.5 Å². The molecule has 0 aliphatic carbocycles. The molecule has 0 saturated carbocycles. The van der Waals surface area contributed by atoms with Gasteiger partial charge in [0.05, 0.1) is 20.8 Å². The molecular weight excluding hydrogens is 651 g/mol. The van der Waals surface area contributed by atoms with Gasteiger partial charge in [-0.15, -0.1) is 0 Å². The molecule has 0 fully saturated rings. The predicted octanol–water partition coefficient (Wildman–Crippen LogP) is 5.91. The molecule has 1 amide bonds. The molecule has 0 saturated heterocycles. The molecule has 0 heterocycles. The first-order valence-corrected chi connectivity index (χ1v) is 19.3. The summed E-state index contributed by atoms with van der Waals surface area (Å²) < 4.78 is 0. The third kappa shape index (κ3) is 20.6. The van der Waals surface area contributed by atoms with Crippen molar-refractivity contribution in [3.05, 3.63) is 102 Å². The molecule has 0 radical (unpaired) electrons. The SMILES string of the molecule is CCC.CCCCCNCCN(CCN(CCN(CCN(CCN(CC(N)=O)Cc1ccccc1)OC)Cc1ccccc1)OC)c1ccccc1. The van der Waals surface area contributed by atoms with Crippen molar-refractivity contribution in [1.82, 2.24) is 25.2 Å². The highest BCUT2D eigenvalue weighted by Gasteiger charge is 2.16. The van der Waals surface area contributed by atoms with Crippen LogP contribution in [0, 0.1) is 0 Å². The zero-order valence-corrected chi connectivity index (χ0v) is 32.9. The summed E-state index contributed by atoms with van der Waals surface area (Å²) in [5.41, 5.74) is 9.24. The number of rotatable bonds is 28. The Morgan fingerprint density at radius 2 is 1.06 bits per heavy atom. The molecule has 3 rings (SSSR count). The van der Waals surface area contributed by atoms with Gasteiger partial charge in [0.25, 0.3) is 0 Å². The minimum absolute atomic E-state index is 0.205.